The van der Waals surface area contributed by atoms with Crippen molar-refractivity contribution in [2.24, 2.45) is 11.8 Å². The minimum Gasteiger partial charge on any atom is -0.476 e. The summed E-state index contributed by atoms with van der Waals surface area (Å²) in [5.74, 6) is -1.69. The highest BCUT2D eigenvalue weighted by Crippen LogP contribution is 2.37. The summed E-state index contributed by atoms with van der Waals surface area (Å²) in [7, 11) is 0. The molecule has 4 atom stereocenters. The number of allylic oxidation sites excluding steroid dienone is 2. The lowest BCUT2D eigenvalue weighted by Crippen LogP contribution is -2.23. The molecule has 0 bridgehead atoms. The van der Waals surface area contributed by atoms with E-state index in [4.69, 9.17) is 5.11 Å². The minimum atomic E-state index is -2.35. The van der Waals surface area contributed by atoms with Gasteiger partial charge in [-0.25, -0.2) is 14.2 Å². The lowest BCUT2D eigenvalue weighted by atomic mass is 9.90. The van der Waals surface area contributed by atoms with Crippen LogP contribution in [0.3, 0.4) is 0 Å². The first-order valence-electron chi connectivity index (χ1n) is 9.67. The predicted molar refractivity (Wildman–Crippen MR) is 111 cm³/mol. The van der Waals surface area contributed by atoms with Gasteiger partial charge >= 0.3 is 12.0 Å². The largest absolute Gasteiger partial charge is 0.476 e. The molecule has 1 aliphatic carbocycles. The normalized spacial score (nSPS) is 23.6. The van der Waals surface area contributed by atoms with Gasteiger partial charge in [0.2, 0.25) is 0 Å². The van der Waals surface area contributed by atoms with Crippen LogP contribution in [0.5, 0.6) is 0 Å². The van der Waals surface area contributed by atoms with Crippen LogP contribution < -0.4 is 0 Å². The smallest absolute Gasteiger partial charge is 0.355 e. The molecule has 0 radical (unpaired) electrons. The molecular formula is C20H26F3NO4S2. The highest BCUT2D eigenvalue weighted by molar-refractivity contribution is 8.01. The van der Waals surface area contributed by atoms with E-state index in [2.05, 4.69) is 4.98 Å². The summed E-state index contributed by atoms with van der Waals surface area (Å²) in [6.45, 7) is 1.48. The number of aliphatic hydroxyl groups is 2. The SMILES string of the molecule is CC(O)(CC=C[C@H]1CC[C@H](O)[C@@H]1CCSc1nc(C(=O)O)cs1)CCC(F)=C(F)F. The summed E-state index contributed by atoms with van der Waals surface area (Å²) in [5.41, 5.74) is -1.26. The van der Waals surface area contributed by atoms with Gasteiger partial charge in [0.1, 0.15) is 0 Å². The van der Waals surface area contributed by atoms with Crippen LogP contribution in [0.2, 0.25) is 0 Å². The molecule has 5 nitrogen and oxygen atoms in total. The van der Waals surface area contributed by atoms with Gasteiger partial charge in [0.15, 0.2) is 15.9 Å². The molecule has 1 heterocycles. The van der Waals surface area contributed by atoms with Crippen molar-refractivity contribution in [3.8, 4) is 0 Å². The van der Waals surface area contributed by atoms with Crippen LogP contribution in [0.25, 0.3) is 0 Å². The summed E-state index contributed by atoms with van der Waals surface area (Å²) in [5, 5.41) is 31.0. The summed E-state index contributed by atoms with van der Waals surface area (Å²) in [6, 6.07) is 0. The number of aromatic carboxylic acids is 1. The van der Waals surface area contributed by atoms with Gasteiger partial charge in [0, 0.05) is 17.6 Å². The third kappa shape index (κ3) is 7.72. The van der Waals surface area contributed by atoms with E-state index in [1.807, 2.05) is 6.08 Å². The molecule has 0 amide bonds. The zero-order chi connectivity index (χ0) is 22.3. The monoisotopic (exact) mass is 465 g/mol. The zero-order valence-electron chi connectivity index (χ0n) is 16.6. The molecule has 1 saturated carbocycles. The molecule has 3 N–H and O–H groups in total. The molecule has 1 aromatic rings. The highest BCUT2D eigenvalue weighted by Gasteiger charge is 2.33. The van der Waals surface area contributed by atoms with E-state index in [0.717, 1.165) is 12.8 Å². The summed E-state index contributed by atoms with van der Waals surface area (Å²) in [6.07, 6.45) is 2.73. The van der Waals surface area contributed by atoms with E-state index in [1.54, 1.807) is 6.08 Å². The van der Waals surface area contributed by atoms with E-state index in [1.165, 1.54) is 35.4 Å². The first-order chi connectivity index (χ1) is 14.1. The average molecular weight is 466 g/mol. The molecule has 0 saturated heterocycles. The molecule has 1 fully saturated rings. The fourth-order valence-electron chi connectivity index (χ4n) is 3.50. The molecule has 168 valence electrons. The Bertz CT molecular complexity index is 778. The molecule has 2 rings (SSSR count). The number of aromatic nitrogens is 1. The number of halogens is 3. The van der Waals surface area contributed by atoms with Crippen LogP contribution in [0.1, 0.15) is 55.9 Å². The second-order valence-corrected chi connectivity index (χ2v) is 9.91. The number of rotatable bonds is 11. The van der Waals surface area contributed by atoms with Crippen molar-refractivity contribution in [3.63, 3.8) is 0 Å². The third-order valence-corrected chi connectivity index (χ3v) is 7.30. The molecule has 1 aliphatic rings. The van der Waals surface area contributed by atoms with Gasteiger partial charge in [-0.05, 0) is 50.9 Å². The van der Waals surface area contributed by atoms with Crippen molar-refractivity contribution >= 4 is 29.1 Å². The highest BCUT2D eigenvalue weighted by atomic mass is 32.2. The molecule has 10 heteroatoms. The van der Waals surface area contributed by atoms with Crippen LogP contribution >= 0.6 is 23.1 Å². The minimum absolute atomic E-state index is 0.0286. The lowest BCUT2D eigenvalue weighted by Gasteiger charge is -2.22. The van der Waals surface area contributed by atoms with Crippen molar-refractivity contribution < 1.29 is 33.3 Å². The fourth-order valence-corrected chi connectivity index (χ4v) is 5.41. The maximum absolute atomic E-state index is 12.9. The number of thiazole rings is 1. The Labute approximate surface area is 181 Å². The van der Waals surface area contributed by atoms with E-state index < -0.39 is 36.0 Å². The molecule has 1 unspecified atom stereocenters. The Hall–Kier alpha value is -1.36. The average Bonchev–Trinajstić information content (AvgIpc) is 3.28. The number of thioether (sulfide) groups is 1. The number of carbonyl (C=O) groups is 1. The number of carboxylic acids is 1. The molecule has 0 aliphatic heterocycles. The Morgan fingerprint density at radius 3 is 2.77 bits per heavy atom. The Morgan fingerprint density at radius 1 is 1.40 bits per heavy atom. The molecule has 30 heavy (non-hydrogen) atoms. The van der Waals surface area contributed by atoms with Crippen molar-refractivity contribution in [1.82, 2.24) is 4.98 Å². The number of hydrogen-bond acceptors (Lipinski definition) is 6. The van der Waals surface area contributed by atoms with Crippen molar-refractivity contribution in [1.29, 1.82) is 0 Å². The summed E-state index contributed by atoms with van der Waals surface area (Å²) < 4.78 is 37.9. The van der Waals surface area contributed by atoms with Crippen LogP contribution in [0.15, 0.2) is 33.8 Å². The van der Waals surface area contributed by atoms with Crippen LogP contribution in [0, 0.1) is 11.8 Å². The molecule has 1 aromatic heterocycles. The van der Waals surface area contributed by atoms with E-state index in [0.29, 0.717) is 16.5 Å². The number of hydrogen-bond donors (Lipinski definition) is 3. The van der Waals surface area contributed by atoms with Crippen LogP contribution in [0.4, 0.5) is 13.2 Å². The second kappa shape index (κ2) is 11.3. The van der Waals surface area contributed by atoms with Gasteiger partial charge in [-0.15, -0.1) is 11.3 Å². The van der Waals surface area contributed by atoms with Gasteiger partial charge in [-0.3, -0.25) is 0 Å². The first kappa shape index (κ1) is 24.9. The van der Waals surface area contributed by atoms with Crippen molar-refractivity contribution in [3.05, 3.63) is 35.1 Å². The van der Waals surface area contributed by atoms with Crippen LogP contribution in [-0.4, -0.2) is 43.7 Å². The predicted octanol–water partition coefficient (Wildman–Crippen LogP) is 5.27. The summed E-state index contributed by atoms with van der Waals surface area (Å²) >= 11 is 2.73. The van der Waals surface area contributed by atoms with Gasteiger partial charge in [0.05, 0.1) is 11.7 Å². The maximum Gasteiger partial charge on any atom is 0.355 e. The lowest BCUT2D eigenvalue weighted by molar-refractivity contribution is 0.0521. The topological polar surface area (TPSA) is 90.7 Å². The van der Waals surface area contributed by atoms with E-state index in [-0.39, 0.29) is 30.4 Å². The Kier molecular flexibility index (Phi) is 9.39. The number of aliphatic hydroxyl groups excluding tert-OH is 1. The molecule has 0 spiro atoms. The maximum atomic E-state index is 12.9. The second-order valence-electron chi connectivity index (χ2n) is 7.71. The number of carboxylic acid groups (broad SMARTS) is 1. The zero-order valence-corrected chi connectivity index (χ0v) is 18.2. The molecular weight excluding hydrogens is 439 g/mol. The standard InChI is InChI=1S/C20H26F3NO4S2/c1-20(28,9-6-14(21)17(22)23)8-2-3-12-4-5-16(25)13(12)7-10-29-19-24-15(11-30-19)18(26)27/h2-3,11-13,16,25,28H,4-10H2,1H3,(H,26,27)/t12-,13+,16-,20?/m0/s1. The van der Waals surface area contributed by atoms with Crippen molar-refractivity contribution in [2.75, 3.05) is 5.75 Å². The Morgan fingerprint density at radius 2 is 2.13 bits per heavy atom. The third-order valence-electron chi connectivity index (χ3n) is 5.25. The summed E-state index contributed by atoms with van der Waals surface area (Å²) in [4.78, 5) is 14.9. The molecule has 0 aromatic carbocycles. The van der Waals surface area contributed by atoms with E-state index in [9.17, 15) is 28.2 Å². The fraction of sp³-hybridized carbons (Fsp3) is 0.600. The van der Waals surface area contributed by atoms with E-state index >= 15 is 0 Å². The quantitative estimate of drug-likeness (QED) is 0.305. The van der Waals surface area contributed by atoms with Gasteiger partial charge in [-0.1, -0.05) is 23.9 Å². The van der Waals surface area contributed by atoms with Gasteiger partial charge in [-0.2, -0.15) is 8.78 Å². The van der Waals surface area contributed by atoms with Crippen molar-refractivity contribution in [2.45, 2.75) is 61.5 Å². The van der Waals surface area contributed by atoms with Gasteiger partial charge in [0.25, 0.3) is 0 Å². The number of nitrogens with zero attached hydrogens (tertiary/aromatic N) is 1. The van der Waals surface area contributed by atoms with Gasteiger partial charge < -0.3 is 15.3 Å². The Balaban J connectivity index is 1.82. The first-order valence-corrected chi connectivity index (χ1v) is 11.5. The van der Waals surface area contributed by atoms with Crippen LogP contribution in [-0.2, 0) is 0 Å².